The standard InChI is InChI=1S/C8H15N3O2S/c1-5(7(9)12)11-8(13)6-4-14-3-2-10-6/h5-6,10H,2-4H2,1H3,(H2,9,12)(H,11,13). The van der Waals surface area contributed by atoms with Gasteiger partial charge in [0.05, 0.1) is 6.04 Å². The first-order valence-electron chi connectivity index (χ1n) is 4.52. The summed E-state index contributed by atoms with van der Waals surface area (Å²) >= 11 is 1.73. The second-order valence-electron chi connectivity index (χ2n) is 3.21. The number of hydrogen-bond acceptors (Lipinski definition) is 4. The van der Waals surface area contributed by atoms with Gasteiger partial charge < -0.3 is 16.4 Å². The highest BCUT2D eigenvalue weighted by molar-refractivity contribution is 7.99. The van der Waals surface area contributed by atoms with Crippen molar-refractivity contribution in [2.45, 2.75) is 19.0 Å². The van der Waals surface area contributed by atoms with Gasteiger partial charge in [0, 0.05) is 18.1 Å². The van der Waals surface area contributed by atoms with Gasteiger partial charge in [-0.25, -0.2) is 0 Å². The molecule has 4 N–H and O–H groups in total. The first kappa shape index (κ1) is 11.3. The smallest absolute Gasteiger partial charge is 0.239 e. The lowest BCUT2D eigenvalue weighted by atomic mass is 10.2. The molecule has 0 spiro atoms. The zero-order valence-corrected chi connectivity index (χ0v) is 8.89. The second-order valence-corrected chi connectivity index (χ2v) is 4.36. The fraction of sp³-hybridized carbons (Fsp3) is 0.750. The van der Waals surface area contributed by atoms with Crippen LogP contribution in [0.3, 0.4) is 0 Å². The Kier molecular flexibility index (Phi) is 4.21. The van der Waals surface area contributed by atoms with Gasteiger partial charge >= 0.3 is 0 Å². The number of nitrogens with two attached hydrogens (primary N) is 1. The Morgan fingerprint density at radius 3 is 2.86 bits per heavy atom. The van der Waals surface area contributed by atoms with Crippen molar-refractivity contribution < 1.29 is 9.59 Å². The predicted molar refractivity (Wildman–Crippen MR) is 55.9 cm³/mol. The van der Waals surface area contributed by atoms with E-state index in [1.807, 2.05) is 0 Å². The Morgan fingerprint density at radius 1 is 1.64 bits per heavy atom. The second kappa shape index (κ2) is 5.21. The molecule has 1 aliphatic heterocycles. The average molecular weight is 217 g/mol. The summed E-state index contributed by atoms with van der Waals surface area (Å²) < 4.78 is 0. The summed E-state index contributed by atoms with van der Waals surface area (Å²) in [7, 11) is 0. The lowest BCUT2D eigenvalue weighted by Crippen LogP contribution is -2.53. The number of nitrogens with one attached hydrogen (secondary N) is 2. The molecule has 0 radical (unpaired) electrons. The zero-order chi connectivity index (χ0) is 10.6. The van der Waals surface area contributed by atoms with Gasteiger partial charge in [-0.2, -0.15) is 11.8 Å². The SMILES string of the molecule is CC(NC(=O)C1CSCCN1)C(N)=O. The molecule has 1 heterocycles. The molecule has 1 rings (SSSR count). The van der Waals surface area contributed by atoms with Crippen LogP contribution in [-0.2, 0) is 9.59 Å². The van der Waals surface area contributed by atoms with Crippen molar-refractivity contribution in [3.05, 3.63) is 0 Å². The minimum atomic E-state index is -0.601. The summed E-state index contributed by atoms with van der Waals surface area (Å²) in [5.41, 5.74) is 5.03. The van der Waals surface area contributed by atoms with E-state index in [0.717, 1.165) is 18.1 Å². The number of carbonyl (C=O) groups excluding carboxylic acids is 2. The van der Waals surface area contributed by atoms with E-state index in [-0.39, 0.29) is 11.9 Å². The van der Waals surface area contributed by atoms with E-state index in [9.17, 15) is 9.59 Å². The maximum absolute atomic E-state index is 11.5. The Labute approximate surface area is 87.2 Å². The van der Waals surface area contributed by atoms with Crippen LogP contribution in [0, 0.1) is 0 Å². The maximum atomic E-state index is 11.5. The van der Waals surface area contributed by atoms with Gasteiger partial charge in [-0.1, -0.05) is 0 Å². The van der Waals surface area contributed by atoms with Crippen molar-refractivity contribution >= 4 is 23.6 Å². The van der Waals surface area contributed by atoms with Crippen LogP contribution in [0.2, 0.25) is 0 Å². The molecule has 2 amide bonds. The lowest BCUT2D eigenvalue weighted by Gasteiger charge is -2.23. The van der Waals surface area contributed by atoms with Crippen LogP contribution < -0.4 is 16.4 Å². The van der Waals surface area contributed by atoms with Crippen molar-refractivity contribution in [3.8, 4) is 0 Å². The first-order valence-corrected chi connectivity index (χ1v) is 5.67. The Balaban J connectivity index is 2.36. The predicted octanol–water partition coefficient (Wildman–Crippen LogP) is -1.32. The highest BCUT2D eigenvalue weighted by Gasteiger charge is 2.23. The molecule has 2 atom stereocenters. The average Bonchev–Trinajstić information content (AvgIpc) is 2.19. The van der Waals surface area contributed by atoms with Crippen LogP contribution in [0.15, 0.2) is 0 Å². The van der Waals surface area contributed by atoms with Gasteiger partial charge in [0.25, 0.3) is 0 Å². The summed E-state index contributed by atoms with van der Waals surface area (Å²) in [4.78, 5) is 22.2. The van der Waals surface area contributed by atoms with Gasteiger partial charge in [-0.15, -0.1) is 0 Å². The van der Waals surface area contributed by atoms with Crippen LogP contribution >= 0.6 is 11.8 Å². The van der Waals surface area contributed by atoms with Crippen LogP contribution in [0.4, 0.5) is 0 Å². The molecule has 0 aliphatic carbocycles. The number of primary amides is 1. The zero-order valence-electron chi connectivity index (χ0n) is 8.08. The van der Waals surface area contributed by atoms with Gasteiger partial charge in [0.1, 0.15) is 6.04 Å². The minimum Gasteiger partial charge on any atom is -0.368 e. The van der Waals surface area contributed by atoms with Crippen LogP contribution in [-0.4, -0.2) is 41.9 Å². The topological polar surface area (TPSA) is 84.2 Å². The third kappa shape index (κ3) is 3.19. The normalized spacial score (nSPS) is 23.9. The molecule has 0 aromatic carbocycles. The van der Waals surface area contributed by atoms with Crippen LogP contribution in [0.1, 0.15) is 6.92 Å². The van der Waals surface area contributed by atoms with Crippen molar-refractivity contribution in [2.75, 3.05) is 18.1 Å². The third-order valence-corrected chi connectivity index (χ3v) is 3.09. The Morgan fingerprint density at radius 2 is 2.36 bits per heavy atom. The maximum Gasteiger partial charge on any atom is 0.239 e. The van der Waals surface area contributed by atoms with Crippen LogP contribution in [0.5, 0.6) is 0 Å². The monoisotopic (exact) mass is 217 g/mol. The summed E-state index contributed by atoms with van der Waals surface area (Å²) in [5.74, 6) is 1.11. The summed E-state index contributed by atoms with van der Waals surface area (Å²) in [6.07, 6.45) is 0. The van der Waals surface area contributed by atoms with Crippen molar-refractivity contribution in [3.63, 3.8) is 0 Å². The van der Waals surface area contributed by atoms with Crippen LogP contribution in [0.25, 0.3) is 0 Å². The molecule has 14 heavy (non-hydrogen) atoms. The number of rotatable bonds is 3. The molecule has 0 aromatic rings. The highest BCUT2D eigenvalue weighted by atomic mass is 32.2. The third-order valence-electron chi connectivity index (χ3n) is 2.02. The Hall–Kier alpha value is -0.750. The molecule has 0 saturated carbocycles. The molecule has 1 fully saturated rings. The fourth-order valence-electron chi connectivity index (χ4n) is 1.12. The van der Waals surface area contributed by atoms with Gasteiger partial charge in [0.15, 0.2) is 0 Å². The summed E-state index contributed by atoms with van der Waals surface area (Å²) in [6.45, 7) is 2.41. The molecular formula is C8H15N3O2S. The van der Waals surface area contributed by atoms with Crippen molar-refractivity contribution in [1.82, 2.24) is 10.6 Å². The molecule has 0 bridgehead atoms. The van der Waals surface area contributed by atoms with Gasteiger partial charge in [0.2, 0.25) is 11.8 Å². The largest absolute Gasteiger partial charge is 0.368 e. The lowest BCUT2D eigenvalue weighted by molar-refractivity contribution is -0.127. The molecule has 2 unspecified atom stereocenters. The van der Waals surface area contributed by atoms with Gasteiger partial charge in [-0.05, 0) is 6.92 Å². The van der Waals surface area contributed by atoms with E-state index >= 15 is 0 Å². The molecule has 6 heteroatoms. The van der Waals surface area contributed by atoms with E-state index in [0.29, 0.717) is 0 Å². The first-order chi connectivity index (χ1) is 6.61. The van der Waals surface area contributed by atoms with E-state index in [2.05, 4.69) is 10.6 Å². The molecule has 5 nitrogen and oxygen atoms in total. The molecule has 80 valence electrons. The number of hydrogen-bond donors (Lipinski definition) is 3. The van der Waals surface area contributed by atoms with Crippen molar-refractivity contribution in [2.24, 2.45) is 5.73 Å². The number of amides is 2. The van der Waals surface area contributed by atoms with E-state index in [1.54, 1.807) is 18.7 Å². The fourth-order valence-corrected chi connectivity index (χ4v) is 2.05. The summed E-state index contributed by atoms with van der Waals surface area (Å²) in [6, 6.07) is -0.799. The molecule has 1 aliphatic rings. The van der Waals surface area contributed by atoms with Crippen molar-refractivity contribution in [1.29, 1.82) is 0 Å². The van der Waals surface area contributed by atoms with Gasteiger partial charge in [-0.3, -0.25) is 9.59 Å². The van der Waals surface area contributed by atoms with E-state index in [1.165, 1.54) is 0 Å². The Bertz CT molecular complexity index is 229. The molecule has 0 aromatic heterocycles. The minimum absolute atomic E-state index is 0.150. The highest BCUT2D eigenvalue weighted by Crippen LogP contribution is 2.07. The summed E-state index contributed by atoms with van der Waals surface area (Å²) in [5, 5.41) is 5.64. The molecular weight excluding hydrogens is 202 g/mol. The number of thioether (sulfide) groups is 1. The quantitative estimate of drug-likeness (QED) is 0.547. The van der Waals surface area contributed by atoms with E-state index < -0.39 is 11.9 Å². The van der Waals surface area contributed by atoms with E-state index in [4.69, 9.17) is 5.73 Å². The molecule has 1 saturated heterocycles. The number of carbonyl (C=O) groups is 2.